The molecule has 0 aliphatic rings. The standard InChI is InChI=1S/C11H15F2NO2/c1-15-9-4-3-7(5-10(9)16-2)8(14)6-11(12)13/h3-5,8,11H,6,14H2,1-2H3/t8-/m0/s1. The van der Waals surface area contributed by atoms with Gasteiger partial charge in [0.15, 0.2) is 11.5 Å². The first kappa shape index (κ1) is 12.7. The molecule has 0 heterocycles. The molecule has 0 bridgehead atoms. The lowest BCUT2D eigenvalue weighted by Crippen LogP contribution is -2.14. The summed E-state index contributed by atoms with van der Waals surface area (Å²) in [5.74, 6) is 1.04. The molecule has 5 heteroatoms. The molecule has 0 radical (unpaired) electrons. The van der Waals surface area contributed by atoms with Crippen LogP contribution in [0.1, 0.15) is 18.0 Å². The zero-order chi connectivity index (χ0) is 12.1. The summed E-state index contributed by atoms with van der Waals surface area (Å²) >= 11 is 0. The Morgan fingerprint density at radius 3 is 2.31 bits per heavy atom. The van der Waals surface area contributed by atoms with Gasteiger partial charge in [0.05, 0.1) is 14.2 Å². The molecule has 1 rings (SSSR count). The fourth-order valence-electron chi connectivity index (χ4n) is 1.41. The highest BCUT2D eigenvalue weighted by Crippen LogP contribution is 2.30. The molecule has 1 atom stereocenters. The van der Waals surface area contributed by atoms with Gasteiger partial charge in [-0.15, -0.1) is 0 Å². The van der Waals surface area contributed by atoms with Crippen LogP contribution in [0.4, 0.5) is 8.78 Å². The summed E-state index contributed by atoms with van der Waals surface area (Å²) in [5, 5.41) is 0. The van der Waals surface area contributed by atoms with Crippen LogP contribution in [-0.4, -0.2) is 20.6 Å². The van der Waals surface area contributed by atoms with Gasteiger partial charge in [-0.2, -0.15) is 0 Å². The number of rotatable bonds is 5. The molecule has 0 aliphatic carbocycles. The van der Waals surface area contributed by atoms with Crippen LogP contribution < -0.4 is 15.2 Å². The third kappa shape index (κ3) is 3.06. The van der Waals surface area contributed by atoms with Crippen molar-refractivity contribution in [2.75, 3.05) is 14.2 Å². The van der Waals surface area contributed by atoms with E-state index in [-0.39, 0.29) is 6.42 Å². The summed E-state index contributed by atoms with van der Waals surface area (Å²) in [6.07, 6.45) is -2.78. The minimum Gasteiger partial charge on any atom is -0.493 e. The number of halogens is 2. The lowest BCUT2D eigenvalue weighted by Gasteiger charge is -2.14. The molecule has 0 saturated carbocycles. The molecule has 90 valence electrons. The normalized spacial score (nSPS) is 12.6. The molecule has 0 fully saturated rings. The zero-order valence-electron chi connectivity index (χ0n) is 9.24. The molecule has 2 N–H and O–H groups in total. The van der Waals surface area contributed by atoms with Gasteiger partial charge in [0, 0.05) is 12.5 Å². The second-order valence-corrected chi connectivity index (χ2v) is 3.35. The molecule has 0 saturated heterocycles. The molecular weight excluding hydrogens is 216 g/mol. The first-order valence-electron chi connectivity index (χ1n) is 4.84. The van der Waals surface area contributed by atoms with Crippen LogP contribution in [0.15, 0.2) is 18.2 Å². The Balaban J connectivity index is 2.89. The maximum atomic E-state index is 12.2. The van der Waals surface area contributed by atoms with Crippen LogP contribution in [0.2, 0.25) is 0 Å². The Bertz CT molecular complexity index is 345. The molecule has 0 amide bonds. The summed E-state index contributed by atoms with van der Waals surface area (Å²) in [7, 11) is 3.00. The number of hydrogen-bond acceptors (Lipinski definition) is 3. The maximum absolute atomic E-state index is 12.2. The van der Waals surface area contributed by atoms with Crippen molar-refractivity contribution < 1.29 is 18.3 Å². The van der Waals surface area contributed by atoms with Gasteiger partial charge in [-0.1, -0.05) is 6.07 Å². The first-order valence-corrected chi connectivity index (χ1v) is 4.84. The highest BCUT2D eigenvalue weighted by atomic mass is 19.3. The lowest BCUT2D eigenvalue weighted by atomic mass is 10.0. The van der Waals surface area contributed by atoms with E-state index in [9.17, 15) is 8.78 Å². The van der Waals surface area contributed by atoms with Gasteiger partial charge in [0.2, 0.25) is 6.43 Å². The highest BCUT2D eigenvalue weighted by Gasteiger charge is 2.14. The average molecular weight is 231 g/mol. The number of methoxy groups -OCH3 is 2. The fourth-order valence-corrected chi connectivity index (χ4v) is 1.41. The van der Waals surface area contributed by atoms with Gasteiger partial charge in [-0.3, -0.25) is 0 Å². The minimum atomic E-state index is -2.41. The highest BCUT2D eigenvalue weighted by molar-refractivity contribution is 5.43. The summed E-state index contributed by atoms with van der Waals surface area (Å²) in [5.41, 5.74) is 6.24. The third-order valence-corrected chi connectivity index (χ3v) is 2.27. The molecule has 0 spiro atoms. The molecule has 3 nitrogen and oxygen atoms in total. The Labute approximate surface area is 93.2 Å². The molecule has 0 unspecified atom stereocenters. The van der Waals surface area contributed by atoms with Gasteiger partial charge < -0.3 is 15.2 Å². The molecule has 1 aromatic carbocycles. The van der Waals surface area contributed by atoms with Gasteiger partial charge in [0.25, 0.3) is 0 Å². The van der Waals surface area contributed by atoms with Crippen molar-refractivity contribution in [1.29, 1.82) is 0 Å². The smallest absolute Gasteiger partial charge is 0.240 e. The Kier molecular flexibility index (Phi) is 4.49. The number of alkyl halides is 2. The minimum absolute atomic E-state index is 0.366. The molecule has 0 aliphatic heterocycles. The number of nitrogens with two attached hydrogens (primary N) is 1. The summed E-state index contributed by atoms with van der Waals surface area (Å²) in [4.78, 5) is 0. The molecule has 0 aromatic heterocycles. The molecular formula is C11H15F2NO2. The fraction of sp³-hybridized carbons (Fsp3) is 0.455. The Morgan fingerprint density at radius 2 is 1.81 bits per heavy atom. The van der Waals surface area contributed by atoms with Crippen LogP contribution >= 0.6 is 0 Å². The van der Waals surface area contributed by atoms with E-state index in [4.69, 9.17) is 15.2 Å². The van der Waals surface area contributed by atoms with Crippen molar-refractivity contribution in [3.8, 4) is 11.5 Å². The largest absolute Gasteiger partial charge is 0.493 e. The topological polar surface area (TPSA) is 44.5 Å². The van der Waals surface area contributed by atoms with E-state index in [0.29, 0.717) is 17.1 Å². The van der Waals surface area contributed by atoms with Crippen LogP contribution in [0.3, 0.4) is 0 Å². The van der Waals surface area contributed by atoms with Crippen LogP contribution in [0, 0.1) is 0 Å². The van der Waals surface area contributed by atoms with Gasteiger partial charge in [-0.25, -0.2) is 8.78 Å². The van der Waals surface area contributed by atoms with Crippen molar-refractivity contribution in [2.24, 2.45) is 5.73 Å². The SMILES string of the molecule is COc1ccc([C@@H](N)CC(F)F)cc1OC. The summed E-state index contributed by atoms with van der Waals surface area (Å²) in [6.45, 7) is 0. The Morgan fingerprint density at radius 1 is 1.19 bits per heavy atom. The maximum Gasteiger partial charge on any atom is 0.240 e. The lowest BCUT2D eigenvalue weighted by molar-refractivity contribution is 0.128. The van der Waals surface area contributed by atoms with Gasteiger partial charge >= 0.3 is 0 Å². The van der Waals surface area contributed by atoms with E-state index in [1.165, 1.54) is 14.2 Å². The monoisotopic (exact) mass is 231 g/mol. The zero-order valence-corrected chi connectivity index (χ0v) is 9.24. The van der Waals surface area contributed by atoms with Crippen LogP contribution in [0.25, 0.3) is 0 Å². The van der Waals surface area contributed by atoms with Crippen molar-refractivity contribution in [3.05, 3.63) is 23.8 Å². The first-order chi connectivity index (χ1) is 7.58. The second-order valence-electron chi connectivity index (χ2n) is 3.35. The summed E-state index contributed by atoms with van der Waals surface area (Å²) in [6, 6.07) is 4.24. The third-order valence-electron chi connectivity index (χ3n) is 2.27. The molecule has 16 heavy (non-hydrogen) atoms. The van der Waals surface area contributed by atoms with Crippen LogP contribution in [-0.2, 0) is 0 Å². The number of hydrogen-bond donors (Lipinski definition) is 1. The second kappa shape index (κ2) is 5.65. The van der Waals surface area contributed by atoms with Crippen molar-refractivity contribution in [2.45, 2.75) is 18.9 Å². The van der Waals surface area contributed by atoms with E-state index in [2.05, 4.69) is 0 Å². The predicted octanol–water partition coefficient (Wildman–Crippen LogP) is 2.36. The van der Waals surface area contributed by atoms with Crippen molar-refractivity contribution in [1.82, 2.24) is 0 Å². The quantitative estimate of drug-likeness (QED) is 0.846. The van der Waals surface area contributed by atoms with E-state index in [1.807, 2.05) is 0 Å². The van der Waals surface area contributed by atoms with Gasteiger partial charge in [-0.05, 0) is 17.7 Å². The van der Waals surface area contributed by atoms with E-state index < -0.39 is 12.5 Å². The average Bonchev–Trinajstić information content (AvgIpc) is 2.27. The van der Waals surface area contributed by atoms with Gasteiger partial charge in [0.1, 0.15) is 0 Å². The molecule has 1 aromatic rings. The summed E-state index contributed by atoms with van der Waals surface area (Å²) < 4.78 is 34.4. The van der Waals surface area contributed by atoms with Crippen molar-refractivity contribution in [3.63, 3.8) is 0 Å². The van der Waals surface area contributed by atoms with Crippen LogP contribution in [0.5, 0.6) is 11.5 Å². The predicted molar refractivity (Wildman–Crippen MR) is 57.1 cm³/mol. The number of ether oxygens (including phenoxy) is 2. The Hall–Kier alpha value is -1.36. The van der Waals surface area contributed by atoms with E-state index in [1.54, 1.807) is 18.2 Å². The van der Waals surface area contributed by atoms with Crippen molar-refractivity contribution >= 4 is 0 Å². The number of benzene rings is 1. The van der Waals surface area contributed by atoms with E-state index in [0.717, 1.165) is 0 Å². The van der Waals surface area contributed by atoms with E-state index >= 15 is 0 Å².